The fraction of sp³-hybridized carbons (Fsp3) is 0.875. The third kappa shape index (κ3) is 36.0. The first kappa shape index (κ1) is 27.6. The van der Waals surface area contributed by atoms with Crippen molar-refractivity contribution in [2.24, 2.45) is 0 Å². The molecule has 0 aromatic rings. The van der Waals surface area contributed by atoms with Crippen molar-refractivity contribution in [3.63, 3.8) is 0 Å². The van der Waals surface area contributed by atoms with Crippen molar-refractivity contribution in [3.8, 4) is 0 Å². The fourth-order valence-electron chi connectivity index (χ4n) is 1.56. The number of halogens is 1. The van der Waals surface area contributed by atoms with Gasteiger partial charge in [0.25, 0.3) is 0 Å². The average Bonchev–Trinajstić information content (AvgIpc) is 2.32. The van der Waals surface area contributed by atoms with Gasteiger partial charge >= 0.3 is 23.1 Å². The van der Waals surface area contributed by atoms with Gasteiger partial charge in [-0.3, -0.25) is 0 Å². The van der Waals surface area contributed by atoms with Crippen LogP contribution in [0.3, 0.4) is 0 Å². The van der Waals surface area contributed by atoms with Crippen molar-refractivity contribution in [2.75, 3.05) is 0 Å². The molecule has 0 aromatic heterocycles. The summed E-state index contributed by atoms with van der Waals surface area (Å²) in [5, 5.41) is 0. The molecule has 2 heteroatoms. The standard InChI is InChI=1S/C10H21.C6H13.BrH.Mg/c1-3-5-7-9-10-8-6-4-2;1-3-5-6-4-2;;/h1,3-10H2,2H3;1,3-6H2,2H3;1H;/q2*-1;;+2. The van der Waals surface area contributed by atoms with Crippen LogP contribution >= 0.6 is 17.0 Å². The smallest absolute Gasteiger partial charge is 0.343 e. The molecule has 0 nitrogen and oxygen atoms in total. The topological polar surface area (TPSA) is 0 Å². The Bertz CT molecular complexity index is 85.1. The summed E-state index contributed by atoms with van der Waals surface area (Å²) in [7, 11) is 0. The number of unbranched alkanes of at least 4 members (excludes halogenated alkanes) is 10. The molecule has 0 saturated heterocycles. The Balaban J connectivity index is -0.000000108. The van der Waals surface area contributed by atoms with Crippen LogP contribution in [0.15, 0.2) is 0 Å². The van der Waals surface area contributed by atoms with Gasteiger partial charge in [0.1, 0.15) is 0 Å². The maximum atomic E-state index is 3.82. The number of hydrogen-bond donors (Lipinski definition) is 0. The molecule has 0 aromatic carbocycles. The van der Waals surface area contributed by atoms with Crippen molar-refractivity contribution in [1.82, 2.24) is 0 Å². The zero-order valence-electron chi connectivity index (χ0n) is 13.0. The van der Waals surface area contributed by atoms with Crippen LogP contribution in [0.4, 0.5) is 0 Å². The summed E-state index contributed by atoms with van der Waals surface area (Å²) in [6.45, 7) is 12.0. The number of rotatable bonds is 10. The maximum absolute atomic E-state index is 3.82. The molecule has 0 N–H and O–H groups in total. The molecule has 0 atom stereocenters. The van der Waals surface area contributed by atoms with Gasteiger partial charge in [0.2, 0.25) is 0 Å². The van der Waals surface area contributed by atoms with E-state index in [1.54, 1.807) is 0 Å². The molecule has 0 aliphatic heterocycles. The summed E-state index contributed by atoms with van der Waals surface area (Å²) in [4.78, 5) is 0. The largest absolute Gasteiger partial charge is 2.00 e. The first-order valence-corrected chi connectivity index (χ1v) is 7.41. The van der Waals surface area contributed by atoms with Crippen LogP contribution in [0.25, 0.3) is 0 Å². The molecule has 0 saturated carbocycles. The zero-order valence-corrected chi connectivity index (χ0v) is 16.1. The van der Waals surface area contributed by atoms with Gasteiger partial charge in [0.05, 0.1) is 0 Å². The molecule has 0 aliphatic carbocycles. The van der Waals surface area contributed by atoms with Crippen molar-refractivity contribution < 1.29 is 0 Å². The molecule has 0 aliphatic rings. The van der Waals surface area contributed by atoms with Gasteiger partial charge in [0.15, 0.2) is 0 Å². The predicted octanol–water partition coefficient (Wildman–Crippen LogP) is 6.56. The van der Waals surface area contributed by atoms with E-state index < -0.39 is 0 Å². The van der Waals surface area contributed by atoms with Crippen molar-refractivity contribution in [2.45, 2.75) is 90.9 Å². The molecule has 0 unspecified atom stereocenters. The van der Waals surface area contributed by atoms with E-state index in [4.69, 9.17) is 0 Å². The fourth-order valence-corrected chi connectivity index (χ4v) is 1.56. The van der Waals surface area contributed by atoms with Crippen LogP contribution in [0.1, 0.15) is 90.9 Å². The van der Waals surface area contributed by atoms with Crippen LogP contribution in [0.5, 0.6) is 0 Å². The first-order valence-electron chi connectivity index (χ1n) is 7.41. The van der Waals surface area contributed by atoms with E-state index in [0.29, 0.717) is 0 Å². The molecule has 0 rings (SSSR count). The van der Waals surface area contributed by atoms with Gasteiger partial charge in [-0.1, -0.05) is 78.1 Å². The third-order valence-corrected chi connectivity index (χ3v) is 2.71. The van der Waals surface area contributed by atoms with Gasteiger partial charge in [-0.15, -0.1) is 17.0 Å². The molecule has 0 amide bonds. The van der Waals surface area contributed by atoms with E-state index in [0.717, 1.165) is 12.8 Å². The van der Waals surface area contributed by atoms with Crippen LogP contribution in [0, 0.1) is 13.8 Å². The number of hydrogen-bond acceptors (Lipinski definition) is 0. The molecule has 0 heterocycles. The Kier molecular flexibility index (Phi) is 47.4. The maximum Gasteiger partial charge on any atom is 2.00 e. The summed E-state index contributed by atoms with van der Waals surface area (Å²) in [5.74, 6) is 0. The molecule has 0 spiro atoms. The minimum atomic E-state index is 0. The zero-order chi connectivity index (χ0) is 12.5. The van der Waals surface area contributed by atoms with Crippen LogP contribution in [0.2, 0.25) is 0 Å². The molecule has 0 bridgehead atoms. The molecule has 0 fully saturated rings. The van der Waals surface area contributed by atoms with E-state index in [1.165, 1.54) is 64.2 Å². The molecular formula is C16H35BrMg. The summed E-state index contributed by atoms with van der Waals surface area (Å²) < 4.78 is 0. The van der Waals surface area contributed by atoms with Crippen molar-refractivity contribution in [1.29, 1.82) is 0 Å². The monoisotopic (exact) mass is 330 g/mol. The Morgan fingerprint density at radius 1 is 0.556 bits per heavy atom. The average molecular weight is 332 g/mol. The van der Waals surface area contributed by atoms with E-state index >= 15 is 0 Å². The molecule has 108 valence electrons. The van der Waals surface area contributed by atoms with Crippen molar-refractivity contribution >= 4 is 40.0 Å². The summed E-state index contributed by atoms with van der Waals surface area (Å²) in [5.41, 5.74) is 0. The summed E-state index contributed by atoms with van der Waals surface area (Å²) in [6.07, 6.45) is 16.0. The van der Waals surface area contributed by atoms with E-state index in [9.17, 15) is 0 Å². The van der Waals surface area contributed by atoms with Gasteiger partial charge < -0.3 is 13.8 Å². The first-order chi connectivity index (χ1) is 7.83. The quantitative estimate of drug-likeness (QED) is 0.241. The Morgan fingerprint density at radius 2 is 0.833 bits per heavy atom. The summed E-state index contributed by atoms with van der Waals surface area (Å²) in [6, 6.07) is 0. The SMILES string of the molecule is Br.[CH2-]CCCCC.[CH2-]CCCCCCCCC.[Mg+2]. The third-order valence-electron chi connectivity index (χ3n) is 2.71. The van der Waals surface area contributed by atoms with Gasteiger partial charge in [-0.25, -0.2) is 0 Å². The minimum Gasteiger partial charge on any atom is -0.343 e. The van der Waals surface area contributed by atoms with E-state index in [-0.39, 0.29) is 40.0 Å². The second-order valence-electron chi connectivity index (χ2n) is 4.54. The van der Waals surface area contributed by atoms with Crippen LogP contribution in [-0.4, -0.2) is 23.1 Å². The second-order valence-corrected chi connectivity index (χ2v) is 4.54. The van der Waals surface area contributed by atoms with Crippen molar-refractivity contribution in [3.05, 3.63) is 13.8 Å². The van der Waals surface area contributed by atoms with E-state index in [2.05, 4.69) is 27.7 Å². The normalized spacial score (nSPS) is 8.67. The second kappa shape index (κ2) is 30.9. The van der Waals surface area contributed by atoms with Crippen LogP contribution in [-0.2, 0) is 0 Å². The molecule has 18 heavy (non-hydrogen) atoms. The van der Waals surface area contributed by atoms with Crippen LogP contribution < -0.4 is 0 Å². The molecule has 0 radical (unpaired) electrons. The Labute approximate surface area is 144 Å². The Hall–Kier alpha value is 1.25. The Morgan fingerprint density at radius 3 is 1.17 bits per heavy atom. The predicted molar refractivity (Wildman–Crippen MR) is 93.5 cm³/mol. The summed E-state index contributed by atoms with van der Waals surface area (Å²) >= 11 is 0. The minimum absolute atomic E-state index is 0. The molecular weight excluding hydrogens is 296 g/mol. The van der Waals surface area contributed by atoms with E-state index in [1.807, 2.05) is 0 Å². The van der Waals surface area contributed by atoms with Gasteiger partial charge in [0, 0.05) is 0 Å². The van der Waals surface area contributed by atoms with Gasteiger partial charge in [-0.2, -0.15) is 12.8 Å². The van der Waals surface area contributed by atoms with Gasteiger partial charge in [-0.05, 0) is 0 Å².